The van der Waals surface area contributed by atoms with E-state index in [1.165, 1.54) is 50.1 Å². The first kappa shape index (κ1) is 39.2. The molecule has 0 unspecified atom stereocenters. The summed E-state index contributed by atoms with van der Waals surface area (Å²) in [5.74, 6) is 1.64. The number of rotatable bonds is 8. The van der Waals surface area contributed by atoms with E-state index >= 15 is 0 Å². The van der Waals surface area contributed by atoms with Crippen LogP contribution in [0.3, 0.4) is 0 Å². The Labute approximate surface area is 340 Å². The van der Waals surface area contributed by atoms with Crippen LogP contribution in [0.4, 0.5) is 17.2 Å². The van der Waals surface area contributed by atoms with Gasteiger partial charge in [0.15, 0.2) is 0 Å². The molecule has 4 heteroatoms. The van der Waals surface area contributed by atoms with Crippen molar-refractivity contribution in [2.75, 3.05) is 12.0 Å². The second kappa shape index (κ2) is 15.5. The summed E-state index contributed by atoms with van der Waals surface area (Å²) in [7, 11) is 1.75. The second-order valence-electron chi connectivity index (χ2n) is 17.4. The van der Waals surface area contributed by atoms with Crippen LogP contribution in [0.2, 0.25) is 0 Å². The van der Waals surface area contributed by atoms with E-state index < -0.39 is 0 Å². The van der Waals surface area contributed by atoms with Crippen molar-refractivity contribution in [1.82, 2.24) is 9.97 Å². The van der Waals surface area contributed by atoms with Gasteiger partial charge in [0.2, 0.25) is 0 Å². The third kappa shape index (κ3) is 8.14. The molecule has 2 heterocycles. The summed E-state index contributed by atoms with van der Waals surface area (Å²) in [5, 5.41) is 0. The molecule has 0 N–H and O–H groups in total. The summed E-state index contributed by atoms with van der Waals surface area (Å²) in [4.78, 5) is 12.6. The minimum atomic E-state index is -0.0711. The van der Waals surface area contributed by atoms with Crippen molar-refractivity contribution in [1.29, 1.82) is 0 Å². The van der Waals surface area contributed by atoms with E-state index in [-0.39, 0.29) is 10.8 Å². The number of benzene rings is 5. The Hall–Kier alpha value is -6.00. The zero-order valence-corrected chi connectivity index (χ0v) is 35.5. The van der Waals surface area contributed by atoms with Crippen LogP contribution in [0.15, 0.2) is 134 Å². The fourth-order valence-corrected chi connectivity index (χ4v) is 7.88. The largest absolute Gasteiger partial charge is 0.496 e. The third-order valence-electron chi connectivity index (χ3n) is 11.0. The van der Waals surface area contributed by atoms with Gasteiger partial charge >= 0.3 is 0 Å². The molecule has 0 atom stereocenters. The smallest absolute Gasteiger partial charge is 0.138 e. The summed E-state index contributed by atoms with van der Waals surface area (Å²) in [5.41, 5.74) is 18.0. The maximum atomic E-state index is 6.02. The molecular formula is C53H55N3O. The first-order valence-electron chi connectivity index (χ1n) is 19.9. The normalized spacial score (nSPS) is 11.8. The zero-order chi connectivity index (χ0) is 40.6. The van der Waals surface area contributed by atoms with E-state index in [0.29, 0.717) is 0 Å². The maximum Gasteiger partial charge on any atom is 0.138 e. The number of nitrogens with zero attached hydrogens (tertiary/aromatic N) is 3. The molecule has 57 heavy (non-hydrogen) atoms. The number of methoxy groups -OCH3 is 1. The Kier molecular flexibility index (Phi) is 10.7. The third-order valence-corrected chi connectivity index (χ3v) is 11.0. The SMILES string of the molecule is COc1ccc(-c2c(C)cccc2C)cc1-c1cccc(N(c2cc(C(C)(C)C)cc(C(C)(C)C)c2)c2cccc(-c3cc(-c4c(C)cccc4C)ccn3)n2)c1. The number of hydrogen-bond donors (Lipinski definition) is 0. The standard InChI is InChI=1S/C53H55N3O/c1-34-16-12-17-35(2)50(34)39-24-25-48(57-11)45(29-39)38-20-14-21-43(28-38)56(44-32-41(52(5,6)7)31-42(33-44)53(8,9)10)49-23-15-22-46(55-49)47-30-40(26-27-54-47)51-36(3)18-13-19-37(51)4/h12-33H,1-11H3. The molecule has 5 aromatic carbocycles. The van der Waals surface area contributed by atoms with E-state index in [9.17, 15) is 0 Å². The van der Waals surface area contributed by atoms with Gasteiger partial charge in [-0.05, 0) is 160 Å². The van der Waals surface area contributed by atoms with Gasteiger partial charge in [-0.2, -0.15) is 0 Å². The predicted octanol–water partition coefficient (Wildman–Crippen LogP) is 14.5. The Bertz CT molecular complexity index is 2510. The first-order valence-corrected chi connectivity index (χ1v) is 19.9. The van der Waals surface area contributed by atoms with E-state index in [1.54, 1.807) is 7.11 Å². The molecular weight excluding hydrogens is 695 g/mol. The molecule has 7 rings (SSSR count). The number of pyridine rings is 2. The van der Waals surface area contributed by atoms with Gasteiger partial charge in [-0.1, -0.05) is 108 Å². The van der Waals surface area contributed by atoms with Crippen molar-refractivity contribution < 1.29 is 4.74 Å². The Morgan fingerprint density at radius 2 is 1.05 bits per heavy atom. The quantitative estimate of drug-likeness (QED) is 0.155. The fraction of sp³-hybridized carbons (Fsp3) is 0.245. The predicted molar refractivity (Wildman–Crippen MR) is 241 cm³/mol. The molecule has 0 bridgehead atoms. The van der Waals surface area contributed by atoms with Crippen LogP contribution in [-0.2, 0) is 10.8 Å². The Balaban J connectivity index is 1.43. The lowest BCUT2D eigenvalue weighted by Gasteiger charge is -2.31. The Morgan fingerprint density at radius 3 is 1.63 bits per heavy atom. The van der Waals surface area contributed by atoms with Crippen LogP contribution in [0.25, 0.3) is 44.8 Å². The number of aromatic nitrogens is 2. The molecule has 0 radical (unpaired) electrons. The maximum absolute atomic E-state index is 6.02. The second-order valence-corrected chi connectivity index (χ2v) is 17.4. The van der Waals surface area contributed by atoms with Crippen molar-refractivity contribution in [3.05, 3.63) is 167 Å². The highest BCUT2D eigenvalue weighted by molar-refractivity contribution is 5.84. The average Bonchev–Trinajstić information content (AvgIpc) is 3.17. The molecule has 0 spiro atoms. The lowest BCUT2D eigenvalue weighted by Crippen LogP contribution is -2.19. The van der Waals surface area contributed by atoms with E-state index in [4.69, 9.17) is 14.7 Å². The van der Waals surface area contributed by atoms with Gasteiger partial charge in [-0.25, -0.2) is 4.98 Å². The molecule has 0 aliphatic rings. The molecule has 0 aliphatic carbocycles. The van der Waals surface area contributed by atoms with Crippen molar-refractivity contribution in [3.63, 3.8) is 0 Å². The number of hydrogen-bond acceptors (Lipinski definition) is 4. The Morgan fingerprint density at radius 1 is 0.491 bits per heavy atom. The van der Waals surface area contributed by atoms with Crippen LogP contribution < -0.4 is 9.64 Å². The summed E-state index contributed by atoms with van der Waals surface area (Å²) >= 11 is 0. The minimum absolute atomic E-state index is 0.0711. The molecule has 2 aromatic heterocycles. The zero-order valence-electron chi connectivity index (χ0n) is 35.5. The minimum Gasteiger partial charge on any atom is -0.496 e. The molecule has 4 nitrogen and oxygen atoms in total. The summed E-state index contributed by atoms with van der Waals surface area (Å²) in [6, 6.07) is 45.8. The lowest BCUT2D eigenvalue weighted by molar-refractivity contribution is 0.416. The highest BCUT2D eigenvalue weighted by Crippen LogP contribution is 2.43. The van der Waals surface area contributed by atoms with Crippen LogP contribution in [0.1, 0.15) is 74.9 Å². The van der Waals surface area contributed by atoms with Gasteiger partial charge < -0.3 is 4.74 Å². The summed E-state index contributed by atoms with van der Waals surface area (Å²) in [6.07, 6.45) is 1.90. The van der Waals surface area contributed by atoms with Gasteiger partial charge in [-0.15, -0.1) is 0 Å². The van der Waals surface area contributed by atoms with Gasteiger partial charge in [0.1, 0.15) is 11.6 Å². The number of ether oxygens (including phenoxy) is 1. The van der Waals surface area contributed by atoms with E-state index in [0.717, 1.165) is 51.0 Å². The van der Waals surface area contributed by atoms with Crippen LogP contribution in [0.5, 0.6) is 5.75 Å². The van der Waals surface area contributed by atoms with Gasteiger partial charge in [-0.3, -0.25) is 9.88 Å². The first-order chi connectivity index (χ1) is 27.1. The van der Waals surface area contributed by atoms with Crippen molar-refractivity contribution >= 4 is 17.2 Å². The average molecular weight is 750 g/mol. The highest BCUT2D eigenvalue weighted by Gasteiger charge is 2.25. The number of anilines is 3. The highest BCUT2D eigenvalue weighted by atomic mass is 16.5. The molecule has 0 saturated carbocycles. The van der Waals surface area contributed by atoms with Gasteiger partial charge in [0.25, 0.3) is 0 Å². The fourth-order valence-electron chi connectivity index (χ4n) is 7.88. The van der Waals surface area contributed by atoms with Crippen molar-refractivity contribution in [3.8, 4) is 50.5 Å². The van der Waals surface area contributed by atoms with Crippen LogP contribution >= 0.6 is 0 Å². The van der Waals surface area contributed by atoms with Gasteiger partial charge in [0, 0.05) is 23.1 Å². The van der Waals surface area contributed by atoms with Gasteiger partial charge in [0.05, 0.1) is 18.5 Å². The van der Waals surface area contributed by atoms with Crippen molar-refractivity contribution in [2.24, 2.45) is 0 Å². The lowest BCUT2D eigenvalue weighted by atomic mass is 9.80. The molecule has 0 amide bonds. The molecule has 7 aromatic rings. The molecule has 0 aliphatic heterocycles. The summed E-state index contributed by atoms with van der Waals surface area (Å²) in [6.45, 7) is 22.4. The molecule has 0 saturated heterocycles. The van der Waals surface area contributed by atoms with E-state index in [1.807, 2.05) is 6.20 Å². The monoisotopic (exact) mass is 749 g/mol. The molecule has 0 fully saturated rings. The van der Waals surface area contributed by atoms with Crippen LogP contribution in [0, 0.1) is 27.7 Å². The molecule has 288 valence electrons. The summed E-state index contributed by atoms with van der Waals surface area (Å²) < 4.78 is 6.02. The van der Waals surface area contributed by atoms with Crippen molar-refractivity contribution in [2.45, 2.75) is 80.1 Å². The van der Waals surface area contributed by atoms with E-state index in [2.05, 4.69) is 202 Å². The number of aryl methyl sites for hydroxylation is 4. The topological polar surface area (TPSA) is 38.2 Å². The van der Waals surface area contributed by atoms with Crippen LogP contribution in [-0.4, -0.2) is 17.1 Å².